The van der Waals surface area contributed by atoms with Crippen LogP contribution in [0.4, 0.5) is 4.39 Å². The van der Waals surface area contributed by atoms with Gasteiger partial charge in [-0.3, -0.25) is 4.79 Å². The largest absolute Gasteiger partial charge is 0.481 e. The molecule has 0 saturated carbocycles. The monoisotopic (exact) mass is 358 g/mol. The molecule has 0 fully saturated rings. The molecule has 1 amide bonds. The average molecular weight is 358 g/mol. The van der Waals surface area contributed by atoms with E-state index in [0.717, 1.165) is 17.1 Å². The summed E-state index contributed by atoms with van der Waals surface area (Å²) in [6.07, 6.45) is 0.190. The summed E-state index contributed by atoms with van der Waals surface area (Å²) >= 11 is 1.62. The van der Waals surface area contributed by atoms with Gasteiger partial charge in [-0.2, -0.15) is 5.26 Å². The van der Waals surface area contributed by atoms with Crippen molar-refractivity contribution in [1.82, 2.24) is 5.32 Å². The van der Waals surface area contributed by atoms with Crippen LogP contribution < -0.4 is 10.1 Å². The van der Waals surface area contributed by atoms with Crippen molar-refractivity contribution in [2.75, 3.05) is 12.3 Å². The summed E-state index contributed by atoms with van der Waals surface area (Å²) in [5.74, 6) is 0.953. The van der Waals surface area contributed by atoms with Crippen LogP contribution in [0, 0.1) is 17.1 Å². The highest BCUT2D eigenvalue weighted by Gasteiger charge is 2.13. The maximum atomic E-state index is 12.8. The summed E-state index contributed by atoms with van der Waals surface area (Å²) in [5.41, 5.74) is 0.545. The molecule has 0 spiro atoms. The van der Waals surface area contributed by atoms with Gasteiger partial charge in [0, 0.05) is 11.4 Å². The zero-order valence-corrected chi connectivity index (χ0v) is 14.7. The minimum absolute atomic E-state index is 0.184. The number of ether oxygens (including phenoxy) is 1. The van der Waals surface area contributed by atoms with Crippen LogP contribution in [0.15, 0.2) is 53.4 Å². The Bertz CT molecular complexity index is 727. The smallest absolute Gasteiger partial charge is 0.260 e. The number of carbonyl (C=O) groups excluding carboxylic acids is 1. The fourth-order valence-electron chi connectivity index (χ4n) is 2.01. The SMILES string of the molecule is CC(Oc1ccc(C#N)cc1)C(=O)NCCCSc1ccc(F)cc1. The van der Waals surface area contributed by atoms with Crippen LogP contribution in [0.5, 0.6) is 5.75 Å². The Labute approximate surface area is 151 Å². The number of thioether (sulfide) groups is 1. The number of carbonyl (C=O) groups is 1. The van der Waals surface area contributed by atoms with Gasteiger partial charge in [0.05, 0.1) is 11.6 Å². The Morgan fingerprint density at radius 2 is 1.92 bits per heavy atom. The van der Waals surface area contributed by atoms with Gasteiger partial charge in [-0.1, -0.05) is 0 Å². The minimum atomic E-state index is -0.613. The van der Waals surface area contributed by atoms with Gasteiger partial charge in [0.1, 0.15) is 11.6 Å². The van der Waals surface area contributed by atoms with Crippen molar-refractivity contribution in [2.45, 2.75) is 24.3 Å². The Kier molecular flexibility index (Phi) is 7.30. The molecule has 1 unspecified atom stereocenters. The first kappa shape index (κ1) is 18.8. The van der Waals surface area contributed by atoms with E-state index in [0.29, 0.717) is 17.9 Å². The fourth-order valence-corrected chi connectivity index (χ4v) is 2.87. The van der Waals surface area contributed by atoms with Crippen LogP contribution in [0.25, 0.3) is 0 Å². The van der Waals surface area contributed by atoms with Gasteiger partial charge in [0.25, 0.3) is 5.91 Å². The van der Waals surface area contributed by atoms with Gasteiger partial charge in [0.15, 0.2) is 6.10 Å². The topological polar surface area (TPSA) is 62.1 Å². The molecule has 0 radical (unpaired) electrons. The predicted molar refractivity (Wildman–Crippen MR) is 96.0 cm³/mol. The molecule has 0 heterocycles. The summed E-state index contributed by atoms with van der Waals surface area (Å²) in [6, 6.07) is 15.0. The van der Waals surface area contributed by atoms with E-state index in [1.807, 2.05) is 6.07 Å². The van der Waals surface area contributed by atoms with E-state index >= 15 is 0 Å². The first-order chi connectivity index (χ1) is 12.1. The van der Waals surface area contributed by atoms with Crippen molar-refractivity contribution >= 4 is 17.7 Å². The van der Waals surface area contributed by atoms with Crippen molar-refractivity contribution in [2.24, 2.45) is 0 Å². The molecule has 0 aliphatic rings. The van der Waals surface area contributed by atoms with Crippen LogP contribution in [0.3, 0.4) is 0 Å². The number of benzene rings is 2. The maximum absolute atomic E-state index is 12.8. The van der Waals surface area contributed by atoms with Gasteiger partial charge in [-0.25, -0.2) is 4.39 Å². The number of nitrogens with one attached hydrogen (secondary N) is 1. The summed E-state index contributed by atoms with van der Waals surface area (Å²) in [7, 11) is 0. The lowest BCUT2D eigenvalue weighted by Crippen LogP contribution is -2.36. The Hall–Kier alpha value is -2.52. The van der Waals surface area contributed by atoms with Crippen LogP contribution >= 0.6 is 11.8 Å². The second-order valence-electron chi connectivity index (χ2n) is 5.34. The van der Waals surface area contributed by atoms with E-state index in [4.69, 9.17) is 10.00 Å². The third kappa shape index (κ3) is 6.48. The molecular formula is C19H19FN2O2S. The molecule has 0 bridgehead atoms. The average Bonchev–Trinajstić information content (AvgIpc) is 2.63. The molecule has 2 rings (SSSR count). The Morgan fingerprint density at radius 1 is 1.24 bits per heavy atom. The number of nitrogens with zero attached hydrogens (tertiary/aromatic N) is 1. The van der Waals surface area contributed by atoms with Crippen LogP contribution in [-0.4, -0.2) is 24.3 Å². The quantitative estimate of drug-likeness (QED) is 0.576. The van der Waals surface area contributed by atoms with Crippen LogP contribution in [0.2, 0.25) is 0 Å². The van der Waals surface area contributed by atoms with E-state index in [1.54, 1.807) is 55.1 Å². The van der Waals surface area contributed by atoms with Gasteiger partial charge < -0.3 is 10.1 Å². The molecule has 0 saturated heterocycles. The fraction of sp³-hybridized carbons (Fsp3) is 0.263. The highest BCUT2D eigenvalue weighted by molar-refractivity contribution is 7.99. The zero-order valence-electron chi connectivity index (χ0n) is 13.9. The molecular weight excluding hydrogens is 339 g/mol. The lowest BCUT2D eigenvalue weighted by molar-refractivity contribution is -0.127. The van der Waals surface area contributed by atoms with Crippen molar-refractivity contribution in [3.05, 3.63) is 59.9 Å². The maximum Gasteiger partial charge on any atom is 0.260 e. The van der Waals surface area contributed by atoms with Gasteiger partial charge >= 0.3 is 0 Å². The minimum Gasteiger partial charge on any atom is -0.481 e. The molecule has 0 aliphatic carbocycles. The molecule has 2 aromatic carbocycles. The number of amides is 1. The summed E-state index contributed by atoms with van der Waals surface area (Å²) in [5, 5.41) is 11.6. The Balaban J connectivity index is 1.65. The first-order valence-electron chi connectivity index (χ1n) is 7.91. The zero-order chi connectivity index (χ0) is 18.1. The normalized spacial score (nSPS) is 11.4. The third-order valence-electron chi connectivity index (χ3n) is 3.37. The molecule has 6 heteroatoms. The first-order valence-corrected chi connectivity index (χ1v) is 8.90. The van der Waals surface area contributed by atoms with Gasteiger partial charge in [-0.15, -0.1) is 11.8 Å². The van der Waals surface area contributed by atoms with E-state index in [1.165, 1.54) is 12.1 Å². The van der Waals surface area contributed by atoms with Gasteiger partial charge in [0.2, 0.25) is 0 Å². The summed E-state index contributed by atoms with van der Waals surface area (Å²) < 4.78 is 18.4. The van der Waals surface area contributed by atoms with Crippen molar-refractivity contribution in [3.63, 3.8) is 0 Å². The van der Waals surface area contributed by atoms with Gasteiger partial charge in [-0.05, 0) is 67.6 Å². The standard InChI is InChI=1S/C19H19FN2O2S/c1-14(24-17-7-3-15(13-21)4-8-17)19(23)22-11-2-12-25-18-9-5-16(20)6-10-18/h3-10,14H,2,11-12H2,1H3,(H,22,23). The predicted octanol–water partition coefficient (Wildman–Crippen LogP) is 3.76. The molecule has 0 aromatic heterocycles. The molecule has 4 nitrogen and oxygen atoms in total. The highest BCUT2D eigenvalue weighted by atomic mass is 32.2. The third-order valence-corrected chi connectivity index (χ3v) is 4.47. The number of halogens is 1. The number of hydrogen-bond donors (Lipinski definition) is 1. The van der Waals surface area contributed by atoms with Crippen molar-refractivity contribution in [3.8, 4) is 11.8 Å². The highest BCUT2D eigenvalue weighted by Crippen LogP contribution is 2.18. The number of nitriles is 1. The summed E-state index contributed by atoms with van der Waals surface area (Å²) in [4.78, 5) is 13.0. The van der Waals surface area contributed by atoms with E-state index < -0.39 is 6.10 Å². The summed E-state index contributed by atoms with van der Waals surface area (Å²) in [6.45, 7) is 2.23. The lowest BCUT2D eigenvalue weighted by atomic mass is 10.2. The molecule has 130 valence electrons. The lowest BCUT2D eigenvalue weighted by Gasteiger charge is -2.14. The molecule has 25 heavy (non-hydrogen) atoms. The van der Waals surface area contributed by atoms with Crippen LogP contribution in [0.1, 0.15) is 18.9 Å². The second-order valence-corrected chi connectivity index (χ2v) is 6.51. The molecule has 0 aliphatic heterocycles. The molecule has 1 atom stereocenters. The van der Waals surface area contributed by atoms with E-state index in [2.05, 4.69) is 5.32 Å². The van der Waals surface area contributed by atoms with Crippen molar-refractivity contribution < 1.29 is 13.9 Å². The van der Waals surface area contributed by atoms with Crippen molar-refractivity contribution in [1.29, 1.82) is 5.26 Å². The number of hydrogen-bond acceptors (Lipinski definition) is 4. The number of rotatable bonds is 8. The van der Waals surface area contributed by atoms with E-state index in [9.17, 15) is 9.18 Å². The van der Waals surface area contributed by atoms with Crippen LogP contribution in [-0.2, 0) is 4.79 Å². The molecule has 2 aromatic rings. The second kappa shape index (κ2) is 9.70. The molecule has 1 N–H and O–H groups in total. The Morgan fingerprint density at radius 3 is 2.56 bits per heavy atom. The van der Waals surface area contributed by atoms with E-state index in [-0.39, 0.29) is 11.7 Å².